The summed E-state index contributed by atoms with van der Waals surface area (Å²) in [6.07, 6.45) is -1.00. The molecule has 2 aliphatic rings. The van der Waals surface area contributed by atoms with Crippen molar-refractivity contribution in [3.63, 3.8) is 0 Å². The topological polar surface area (TPSA) is 190 Å². The van der Waals surface area contributed by atoms with Gasteiger partial charge in [-0.3, -0.25) is 0 Å². The zero-order valence-electron chi connectivity index (χ0n) is 29.9. The van der Waals surface area contributed by atoms with Gasteiger partial charge in [-0.25, -0.2) is 19.2 Å². The van der Waals surface area contributed by atoms with E-state index in [9.17, 15) is 29.7 Å². The molecule has 6 rings (SSSR count). The Bertz CT molecular complexity index is 2110. The summed E-state index contributed by atoms with van der Waals surface area (Å²) in [7, 11) is 2.77. The summed E-state index contributed by atoms with van der Waals surface area (Å²) in [6, 6.07) is 29.4. The van der Waals surface area contributed by atoms with E-state index in [0.29, 0.717) is 22.3 Å². The lowest BCUT2D eigenvalue weighted by Crippen LogP contribution is -2.36. The van der Waals surface area contributed by atoms with Crippen molar-refractivity contribution in [2.75, 3.05) is 27.4 Å². The summed E-state index contributed by atoms with van der Waals surface area (Å²) in [4.78, 5) is 51.2. The van der Waals surface area contributed by atoms with Crippen molar-refractivity contribution in [3.05, 3.63) is 130 Å². The molecule has 0 amide bonds. The summed E-state index contributed by atoms with van der Waals surface area (Å²) >= 11 is 0. The monoisotopic (exact) mass is 756 g/mol. The predicted octanol–water partition coefficient (Wildman–Crippen LogP) is 5.28. The van der Waals surface area contributed by atoms with Crippen LogP contribution in [0.4, 0.5) is 0 Å². The Labute approximate surface area is 320 Å². The fraction of sp³-hybridized carbons (Fsp3) is 0.190. The number of hydrogen-bond acceptors (Lipinski definition) is 14. The number of methoxy groups -OCH3 is 2. The number of fused-ring (bicyclic) bond motifs is 1. The van der Waals surface area contributed by atoms with Crippen molar-refractivity contribution < 1.29 is 57.1 Å². The second-order valence-electron chi connectivity index (χ2n) is 12.1. The van der Waals surface area contributed by atoms with Gasteiger partial charge in [0.15, 0.2) is 12.2 Å². The first-order valence-corrected chi connectivity index (χ1v) is 17.0. The lowest BCUT2D eigenvalue weighted by atomic mass is 10.1. The Morgan fingerprint density at radius 2 is 1.00 bits per heavy atom. The Morgan fingerprint density at radius 1 is 0.607 bits per heavy atom. The van der Waals surface area contributed by atoms with E-state index in [1.165, 1.54) is 62.8 Å². The third-order valence-corrected chi connectivity index (χ3v) is 8.61. The van der Waals surface area contributed by atoms with Gasteiger partial charge in [0.1, 0.15) is 58.5 Å². The zero-order chi connectivity index (χ0) is 39.6. The molecule has 0 N–H and O–H groups in total. The molecule has 4 aromatic carbocycles. The van der Waals surface area contributed by atoms with E-state index >= 15 is 0 Å². The maximum Gasteiger partial charge on any atom is 0.349 e. The largest absolute Gasteiger partial charge is 0.496 e. The van der Waals surface area contributed by atoms with Crippen LogP contribution in [0.5, 0.6) is 23.0 Å². The summed E-state index contributed by atoms with van der Waals surface area (Å²) in [5.41, 5.74) is 0.672. The van der Waals surface area contributed by atoms with Gasteiger partial charge in [0.2, 0.25) is 0 Å². The van der Waals surface area contributed by atoms with E-state index in [-0.39, 0.29) is 47.4 Å². The van der Waals surface area contributed by atoms with E-state index in [1.807, 2.05) is 12.1 Å². The van der Waals surface area contributed by atoms with Gasteiger partial charge in [-0.05, 0) is 60.7 Å². The highest BCUT2D eigenvalue weighted by Gasteiger charge is 2.51. The maximum absolute atomic E-state index is 13.1. The van der Waals surface area contributed by atoms with Crippen LogP contribution in [0.3, 0.4) is 0 Å². The highest BCUT2D eigenvalue weighted by Crippen LogP contribution is 2.33. The number of benzene rings is 4. The Balaban J connectivity index is 1.07. The molecule has 0 radical (unpaired) electrons. The van der Waals surface area contributed by atoms with Crippen LogP contribution < -0.4 is 18.9 Å². The molecule has 282 valence electrons. The molecular formula is C42H32N2O12. The SMILES string of the molecule is COc1cc(OC(=O)c2ccccc2)ccc1/C=C(\C#N)C(=O)O[C@H]1CO[C@H]2[C@@H]1OC[C@H]2OC(=O)/C(C#N)=C/c1ccc(OC(=O)c2ccccc2)cc1OC. The van der Waals surface area contributed by atoms with Gasteiger partial charge in [0.05, 0.1) is 38.6 Å². The smallest absolute Gasteiger partial charge is 0.349 e. The zero-order valence-corrected chi connectivity index (χ0v) is 29.9. The lowest BCUT2D eigenvalue weighted by molar-refractivity contribution is -0.149. The van der Waals surface area contributed by atoms with Gasteiger partial charge in [-0.2, -0.15) is 10.5 Å². The van der Waals surface area contributed by atoms with E-state index < -0.39 is 48.3 Å². The number of rotatable bonds is 12. The normalized spacial score (nSPS) is 18.7. The van der Waals surface area contributed by atoms with Crippen LogP contribution in [0.2, 0.25) is 0 Å². The van der Waals surface area contributed by atoms with Crippen molar-refractivity contribution in [1.29, 1.82) is 10.5 Å². The number of hydrogen-bond donors (Lipinski definition) is 0. The average Bonchev–Trinajstić information content (AvgIpc) is 3.82. The molecule has 0 bridgehead atoms. The minimum Gasteiger partial charge on any atom is -0.496 e. The molecule has 0 unspecified atom stereocenters. The first-order chi connectivity index (χ1) is 27.2. The number of esters is 4. The second-order valence-corrected chi connectivity index (χ2v) is 12.1. The van der Waals surface area contributed by atoms with Gasteiger partial charge in [0.25, 0.3) is 0 Å². The standard InChI is InChI=1S/C42H32N2O12/c1-49-33-19-31(53-39(45)25-9-5-3-6-10-25)15-13-27(33)17-29(21-43)41(47)55-35-23-51-38-36(24-52-37(35)38)56-42(48)30(22-44)18-28-14-16-32(20-34(28)50-2)54-40(46)26-11-7-4-8-12-26/h3-20,35-38H,23-24H2,1-2H3/b29-17+,30-18+/t35-,36+,37-,38-/m1/s1. The van der Waals surface area contributed by atoms with Crippen LogP contribution in [0.15, 0.2) is 108 Å². The quantitative estimate of drug-likeness (QED) is 0.0786. The summed E-state index contributed by atoms with van der Waals surface area (Å²) in [5.74, 6) is -2.25. The van der Waals surface area contributed by atoms with Gasteiger partial charge < -0.3 is 37.9 Å². The molecule has 14 heteroatoms. The molecule has 4 aromatic rings. The third-order valence-electron chi connectivity index (χ3n) is 8.61. The van der Waals surface area contributed by atoms with Crippen molar-refractivity contribution in [1.82, 2.24) is 0 Å². The average molecular weight is 757 g/mol. The molecule has 0 saturated carbocycles. The van der Waals surface area contributed by atoms with Crippen molar-refractivity contribution >= 4 is 36.0 Å². The Hall–Kier alpha value is -7.26. The predicted molar refractivity (Wildman–Crippen MR) is 195 cm³/mol. The molecule has 14 nitrogen and oxygen atoms in total. The molecule has 0 spiro atoms. The second kappa shape index (κ2) is 17.7. The van der Waals surface area contributed by atoms with Gasteiger partial charge in [-0.1, -0.05) is 36.4 Å². The van der Waals surface area contributed by atoms with Crippen LogP contribution in [-0.2, 0) is 28.5 Å². The molecule has 0 aromatic heterocycles. The Morgan fingerprint density at radius 3 is 1.36 bits per heavy atom. The molecular weight excluding hydrogens is 724 g/mol. The van der Waals surface area contributed by atoms with Crippen LogP contribution in [-0.4, -0.2) is 75.7 Å². The van der Waals surface area contributed by atoms with Gasteiger partial charge >= 0.3 is 23.9 Å². The van der Waals surface area contributed by atoms with E-state index in [4.69, 9.17) is 37.9 Å². The number of nitriles is 2. The first kappa shape index (κ1) is 38.5. The third kappa shape index (κ3) is 8.91. The van der Waals surface area contributed by atoms with Crippen LogP contribution in [0, 0.1) is 22.7 Å². The van der Waals surface area contributed by atoms with Gasteiger partial charge in [0, 0.05) is 23.3 Å². The molecule has 2 fully saturated rings. The van der Waals surface area contributed by atoms with Crippen molar-refractivity contribution in [3.8, 4) is 35.1 Å². The molecule has 4 atom stereocenters. The first-order valence-electron chi connectivity index (χ1n) is 17.0. The number of ether oxygens (including phenoxy) is 8. The fourth-order valence-electron chi connectivity index (χ4n) is 5.85. The summed E-state index contributed by atoms with van der Waals surface area (Å²) in [6.45, 7) is -0.226. The van der Waals surface area contributed by atoms with Gasteiger partial charge in [-0.15, -0.1) is 0 Å². The molecule has 56 heavy (non-hydrogen) atoms. The fourth-order valence-corrected chi connectivity index (χ4v) is 5.85. The number of carbonyl (C=O) groups excluding carboxylic acids is 4. The Kier molecular flexibility index (Phi) is 12.2. The molecule has 2 heterocycles. The van der Waals surface area contributed by atoms with E-state index in [1.54, 1.807) is 60.7 Å². The minimum atomic E-state index is -0.961. The number of nitrogens with zero attached hydrogens (tertiary/aromatic N) is 2. The number of carbonyl (C=O) groups is 4. The highest BCUT2D eigenvalue weighted by molar-refractivity contribution is 5.99. The van der Waals surface area contributed by atoms with E-state index in [2.05, 4.69) is 0 Å². The molecule has 2 aliphatic heterocycles. The maximum atomic E-state index is 13.1. The highest BCUT2D eigenvalue weighted by atomic mass is 16.7. The molecule has 0 aliphatic carbocycles. The van der Waals surface area contributed by atoms with Crippen LogP contribution in [0.1, 0.15) is 31.8 Å². The molecule has 2 saturated heterocycles. The van der Waals surface area contributed by atoms with E-state index in [0.717, 1.165) is 0 Å². The van der Waals surface area contributed by atoms with Crippen LogP contribution >= 0.6 is 0 Å². The minimum absolute atomic E-state index is 0.113. The van der Waals surface area contributed by atoms with Crippen molar-refractivity contribution in [2.45, 2.75) is 24.4 Å². The lowest BCUT2D eigenvalue weighted by Gasteiger charge is -2.17. The summed E-state index contributed by atoms with van der Waals surface area (Å²) < 4.78 is 44.4. The van der Waals surface area contributed by atoms with Crippen molar-refractivity contribution in [2.24, 2.45) is 0 Å². The van der Waals surface area contributed by atoms with Crippen LogP contribution in [0.25, 0.3) is 12.2 Å². The summed E-state index contributed by atoms with van der Waals surface area (Å²) in [5, 5.41) is 19.6.